The molecule has 0 fully saturated rings. The topological polar surface area (TPSA) is 75.1 Å². The van der Waals surface area contributed by atoms with Crippen LogP contribution in [-0.4, -0.2) is 17.4 Å². The van der Waals surface area contributed by atoms with Gasteiger partial charge in [0.2, 0.25) is 5.96 Å². The largest absolute Gasteiger partial charge is 0.416 e. The Morgan fingerprint density at radius 1 is 0.700 bits per heavy atom. The number of guanidine groups is 1. The second kappa shape index (κ2) is 8.97. The molecule has 3 N–H and O–H groups in total. The zero-order valence-electron chi connectivity index (χ0n) is 15.8. The van der Waals surface area contributed by atoms with Crippen LogP contribution in [0, 0.1) is 0 Å². The zero-order chi connectivity index (χ0) is 22.5. The SMILES string of the molecule is CC(=NN=C(N)NN=C(C)c1ccc(C(F)(F)F)cc1)c1ccc(C(F)(F)F)cc1. The lowest BCUT2D eigenvalue weighted by atomic mass is 10.1. The number of hydrogen-bond acceptors (Lipinski definition) is 3. The highest BCUT2D eigenvalue weighted by atomic mass is 19.4. The predicted octanol–water partition coefficient (Wildman–Crippen LogP) is 4.78. The number of benzene rings is 2. The molecule has 0 bridgehead atoms. The van der Waals surface area contributed by atoms with Crippen molar-refractivity contribution in [2.75, 3.05) is 0 Å². The monoisotopic (exact) mass is 429 g/mol. The van der Waals surface area contributed by atoms with Crippen LogP contribution in [-0.2, 0) is 12.4 Å². The Balaban J connectivity index is 2.04. The number of hydrogen-bond donors (Lipinski definition) is 2. The van der Waals surface area contributed by atoms with E-state index in [1.807, 2.05) is 0 Å². The van der Waals surface area contributed by atoms with E-state index in [0.717, 1.165) is 24.3 Å². The van der Waals surface area contributed by atoms with E-state index in [4.69, 9.17) is 5.73 Å². The molecular weight excluding hydrogens is 412 g/mol. The number of rotatable bonds is 4. The maximum Gasteiger partial charge on any atom is 0.416 e. The van der Waals surface area contributed by atoms with Gasteiger partial charge in [0.05, 0.1) is 22.6 Å². The second-order valence-electron chi connectivity index (χ2n) is 6.13. The molecule has 0 aromatic heterocycles. The number of halogens is 6. The lowest BCUT2D eigenvalue weighted by Crippen LogP contribution is -2.27. The highest BCUT2D eigenvalue weighted by molar-refractivity contribution is 6.00. The minimum Gasteiger partial charge on any atom is -0.367 e. The van der Waals surface area contributed by atoms with Gasteiger partial charge in [-0.15, -0.1) is 5.10 Å². The van der Waals surface area contributed by atoms with E-state index in [2.05, 4.69) is 20.7 Å². The molecule has 0 heterocycles. The van der Waals surface area contributed by atoms with E-state index >= 15 is 0 Å². The summed E-state index contributed by atoms with van der Waals surface area (Å²) < 4.78 is 75.5. The van der Waals surface area contributed by atoms with Crippen LogP contribution in [0.5, 0.6) is 0 Å². The lowest BCUT2D eigenvalue weighted by molar-refractivity contribution is -0.138. The first-order valence-electron chi connectivity index (χ1n) is 8.41. The van der Waals surface area contributed by atoms with Crippen LogP contribution in [0.15, 0.2) is 63.8 Å². The minimum absolute atomic E-state index is 0.215. The quantitative estimate of drug-likeness (QED) is 0.318. The van der Waals surface area contributed by atoms with Gasteiger partial charge in [0.25, 0.3) is 0 Å². The van der Waals surface area contributed by atoms with Gasteiger partial charge in [0.1, 0.15) is 0 Å². The van der Waals surface area contributed by atoms with E-state index in [1.54, 1.807) is 6.92 Å². The summed E-state index contributed by atoms with van der Waals surface area (Å²) in [5.74, 6) is -0.215. The molecule has 160 valence electrons. The Kier molecular flexibility index (Phi) is 6.85. The van der Waals surface area contributed by atoms with Crippen LogP contribution < -0.4 is 11.2 Å². The highest BCUT2D eigenvalue weighted by Crippen LogP contribution is 2.30. The van der Waals surface area contributed by atoms with E-state index in [9.17, 15) is 26.3 Å². The second-order valence-corrected chi connectivity index (χ2v) is 6.13. The summed E-state index contributed by atoms with van der Waals surface area (Å²) >= 11 is 0. The summed E-state index contributed by atoms with van der Waals surface area (Å²) in [5, 5.41) is 11.4. The molecule has 0 aliphatic heterocycles. The van der Waals surface area contributed by atoms with E-state index in [-0.39, 0.29) is 5.96 Å². The van der Waals surface area contributed by atoms with Crippen molar-refractivity contribution in [3.8, 4) is 0 Å². The van der Waals surface area contributed by atoms with Gasteiger partial charge in [-0.05, 0) is 49.2 Å². The van der Waals surface area contributed by atoms with Gasteiger partial charge in [-0.1, -0.05) is 24.3 Å². The normalized spacial score (nSPS) is 14.1. The predicted molar refractivity (Wildman–Crippen MR) is 102 cm³/mol. The third kappa shape index (κ3) is 6.33. The molecule has 30 heavy (non-hydrogen) atoms. The molecule has 0 spiro atoms. The van der Waals surface area contributed by atoms with Gasteiger partial charge in [-0.2, -0.15) is 36.5 Å². The number of nitrogens with two attached hydrogens (primary N) is 1. The Morgan fingerprint density at radius 3 is 1.50 bits per heavy atom. The highest BCUT2D eigenvalue weighted by Gasteiger charge is 2.30. The zero-order valence-corrected chi connectivity index (χ0v) is 15.8. The molecule has 0 aliphatic carbocycles. The molecule has 0 radical (unpaired) electrons. The third-order valence-electron chi connectivity index (χ3n) is 3.91. The number of alkyl halides is 6. The van der Waals surface area contributed by atoms with E-state index in [1.165, 1.54) is 31.2 Å². The van der Waals surface area contributed by atoms with Crippen LogP contribution in [0.4, 0.5) is 26.3 Å². The first kappa shape index (κ1) is 22.9. The summed E-state index contributed by atoms with van der Waals surface area (Å²) in [7, 11) is 0. The molecule has 0 atom stereocenters. The van der Waals surface area contributed by atoms with Crippen molar-refractivity contribution in [1.82, 2.24) is 5.43 Å². The Bertz CT molecular complexity index is 955. The molecule has 2 rings (SSSR count). The van der Waals surface area contributed by atoms with Crippen molar-refractivity contribution in [2.24, 2.45) is 21.0 Å². The van der Waals surface area contributed by atoms with Gasteiger partial charge >= 0.3 is 12.4 Å². The summed E-state index contributed by atoms with van der Waals surface area (Å²) in [6.45, 7) is 3.09. The van der Waals surface area contributed by atoms with Gasteiger partial charge in [-0.3, -0.25) is 0 Å². The summed E-state index contributed by atoms with van der Waals surface area (Å²) in [4.78, 5) is 0. The van der Waals surface area contributed by atoms with Crippen LogP contribution in [0.25, 0.3) is 0 Å². The fourth-order valence-corrected chi connectivity index (χ4v) is 2.22. The summed E-state index contributed by atoms with van der Waals surface area (Å²) in [5.41, 5.74) is 7.98. The average Bonchev–Trinajstić information content (AvgIpc) is 2.69. The van der Waals surface area contributed by atoms with Crippen LogP contribution in [0.3, 0.4) is 0 Å². The maximum absolute atomic E-state index is 12.6. The van der Waals surface area contributed by atoms with Gasteiger partial charge in [0.15, 0.2) is 0 Å². The molecule has 0 amide bonds. The molecule has 2 aromatic rings. The fourth-order valence-electron chi connectivity index (χ4n) is 2.22. The lowest BCUT2D eigenvalue weighted by Gasteiger charge is -2.08. The number of nitrogens with zero attached hydrogens (tertiary/aromatic N) is 3. The number of hydrazone groups is 1. The standard InChI is InChI=1S/C19H17F6N5/c1-11(13-3-7-15(8-4-13)18(20,21)22)27-29-17(26)30-28-12(2)14-5-9-16(10-6-14)19(23,24)25/h3-10H,1-2H3,(H3,26,29,30). The van der Waals surface area contributed by atoms with Crippen molar-refractivity contribution in [3.05, 3.63) is 70.8 Å². The summed E-state index contributed by atoms with van der Waals surface area (Å²) in [6.07, 6.45) is -8.86. The Labute approximate surface area is 168 Å². The molecule has 11 heteroatoms. The first-order valence-corrected chi connectivity index (χ1v) is 8.41. The van der Waals surface area contributed by atoms with Gasteiger partial charge in [-0.25, -0.2) is 5.43 Å². The molecule has 0 unspecified atom stereocenters. The molecule has 0 saturated carbocycles. The van der Waals surface area contributed by atoms with Gasteiger partial charge < -0.3 is 5.73 Å². The van der Waals surface area contributed by atoms with E-state index in [0.29, 0.717) is 22.6 Å². The molecular formula is C19H17F6N5. The average molecular weight is 429 g/mol. The fraction of sp³-hybridized carbons (Fsp3) is 0.211. The van der Waals surface area contributed by atoms with Crippen LogP contribution in [0.1, 0.15) is 36.1 Å². The molecule has 0 aliphatic rings. The van der Waals surface area contributed by atoms with Crippen LogP contribution >= 0.6 is 0 Å². The summed E-state index contributed by atoms with van der Waals surface area (Å²) in [6, 6.07) is 8.77. The minimum atomic E-state index is -4.43. The van der Waals surface area contributed by atoms with Crippen LogP contribution in [0.2, 0.25) is 0 Å². The number of nitrogens with one attached hydrogen (secondary N) is 1. The smallest absolute Gasteiger partial charge is 0.367 e. The molecule has 0 saturated heterocycles. The van der Waals surface area contributed by atoms with Crippen molar-refractivity contribution >= 4 is 17.4 Å². The van der Waals surface area contributed by atoms with Crippen molar-refractivity contribution < 1.29 is 26.3 Å². The molecule has 2 aromatic carbocycles. The third-order valence-corrected chi connectivity index (χ3v) is 3.91. The van der Waals surface area contributed by atoms with Crippen molar-refractivity contribution in [1.29, 1.82) is 0 Å². The van der Waals surface area contributed by atoms with Crippen molar-refractivity contribution in [2.45, 2.75) is 26.2 Å². The maximum atomic E-state index is 12.6. The van der Waals surface area contributed by atoms with Crippen molar-refractivity contribution in [3.63, 3.8) is 0 Å². The van der Waals surface area contributed by atoms with Gasteiger partial charge in [0, 0.05) is 0 Å². The van der Waals surface area contributed by atoms with E-state index < -0.39 is 23.5 Å². The Hall–Kier alpha value is -3.37. The molecule has 5 nitrogen and oxygen atoms in total. The first-order chi connectivity index (χ1) is 13.9. The Morgan fingerprint density at radius 2 is 1.10 bits per heavy atom.